The Morgan fingerprint density at radius 1 is 0.957 bits per heavy atom. The number of hydrogen-bond donors (Lipinski definition) is 1. The largest absolute Gasteiger partial charge is 0.469 e. The molecule has 0 rings (SSSR count). The number of rotatable bonds is 8. The highest BCUT2D eigenvalue weighted by Crippen LogP contribution is 2.13. The molecule has 134 valence electrons. The molecule has 1 N–H and O–H groups in total. The summed E-state index contributed by atoms with van der Waals surface area (Å²) in [6, 6.07) is -0.761. The molecule has 7 nitrogen and oxygen atoms in total. The van der Waals surface area contributed by atoms with E-state index >= 15 is 0 Å². The molecule has 0 bridgehead atoms. The van der Waals surface area contributed by atoms with E-state index in [9.17, 15) is 14.4 Å². The molecule has 1 amide bonds. The summed E-state index contributed by atoms with van der Waals surface area (Å²) in [6.07, 6.45) is 1.82. The number of unbranched alkanes of at least 4 members (excludes halogenated alkanes) is 1. The van der Waals surface area contributed by atoms with Crippen molar-refractivity contribution < 1.29 is 28.6 Å². The zero-order valence-corrected chi connectivity index (χ0v) is 14.9. The molecule has 0 radical (unpaired) electrons. The van der Waals surface area contributed by atoms with Crippen LogP contribution in [0.3, 0.4) is 0 Å². The number of alkyl carbamates (subject to hydrolysis) is 1. The topological polar surface area (TPSA) is 90.9 Å². The first-order valence-electron chi connectivity index (χ1n) is 7.76. The van der Waals surface area contributed by atoms with Crippen LogP contribution in [0.15, 0.2) is 0 Å². The smallest absolute Gasteiger partial charge is 0.408 e. The third-order valence-electron chi connectivity index (χ3n) is 3.16. The molecule has 0 aromatic carbocycles. The highest BCUT2D eigenvalue weighted by Gasteiger charge is 2.24. The number of nitrogens with one attached hydrogen (secondary N) is 1. The molecule has 0 aromatic heterocycles. The van der Waals surface area contributed by atoms with Crippen LogP contribution in [0.5, 0.6) is 0 Å². The predicted molar refractivity (Wildman–Crippen MR) is 84.8 cm³/mol. The molecule has 0 aromatic rings. The van der Waals surface area contributed by atoms with Gasteiger partial charge in [-0.15, -0.1) is 0 Å². The Balaban J connectivity index is 4.34. The quantitative estimate of drug-likeness (QED) is 0.417. The average Bonchev–Trinajstić information content (AvgIpc) is 2.46. The Morgan fingerprint density at radius 3 is 1.96 bits per heavy atom. The van der Waals surface area contributed by atoms with E-state index < -0.39 is 23.7 Å². The SMILES string of the molecule is COC(=O)[C@H](CCCC[C@H](C)C(=O)OC)NC(=O)OC(C)(C)C. The lowest BCUT2D eigenvalue weighted by Crippen LogP contribution is -2.44. The summed E-state index contributed by atoms with van der Waals surface area (Å²) >= 11 is 0. The summed E-state index contributed by atoms with van der Waals surface area (Å²) in [4.78, 5) is 34.8. The van der Waals surface area contributed by atoms with E-state index in [0.29, 0.717) is 19.3 Å². The van der Waals surface area contributed by atoms with Crippen molar-refractivity contribution in [2.45, 2.75) is 65.0 Å². The van der Waals surface area contributed by atoms with E-state index in [1.165, 1.54) is 14.2 Å². The van der Waals surface area contributed by atoms with Crippen molar-refractivity contribution in [3.63, 3.8) is 0 Å². The fourth-order valence-corrected chi connectivity index (χ4v) is 1.96. The summed E-state index contributed by atoms with van der Waals surface area (Å²) in [7, 11) is 2.63. The first-order valence-corrected chi connectivity index (χ1v) is 7.76. The number of hydrogen-bond acceptors (Lipinski definition) is 6. The van der Waals surface area contributed by atoms with Crippen molar-refractivity contribution in [1.82, 2.24) is 5.32 Å². The first kappa shape index (κ1) is 21.2. The van der Waals surface area contributed by atoms with Crippen LogP contribution in [0.2, 0.25) is 0 Å². The van der Waals surface area contributed by atoms with E-state index in [1.54, 1.807) is 27.7 Å². The highest BCUT2D eigenvalue weighted by atomic mass is 16.6. The minimum Gasteiger partial charge on any atom is -0.469 e. The monoisotopic (exact) mass is 331 g/mol. The van der Waals surface area contributed by atoms with Crippen LogP contribution in [-0.4, -0.2) is 43.9 Å². The number of carbonyl (C=O) groups is 3. The first-order chi connectivity index (χ1) is 10.6. The number of ether oxygens (including phenoxy) is 3. The van der Waals surface area contributed by atoms with Crippen LogP contribution in [0, 0.1) is 5.92 Å². The zero-order chi connectivity index (χ0) is 18.0. The molecule has 0 aliphatic heterocycles. The summed E-state index contributed by atoms with van der Waals surface area (Å²) in [5, 5.41) is 2.52. The Bertz CT molecular complexity index is 402. The van der Waals surface area contributed by atoms with Gasteiger partial charge in [-0.2, -0.15) is 0 Å². The van der Waals surface area contributed by atoms with Gasteiger partial charge in [0.2, 0.25) is 0 Å². The van der Waals surface area contributed by atoms with Crippen LogP contribution in [0.25, 0.3) is 0 Å². The van der Waals surface area contributed by atoms with Crippen molar-refractivity contribution in [3.05, 3.63) is 0 Å². The van der Waals surface area contributed by atoms with Gasteiger partial charge in [0.15, 0.2) is 0 Å². The molecule has 0 unspecified atom stereocenters. The van der Waals surface area contributed by atoms with Gasteiger partial charge in [0, 0.05) is 0 Å². The molecule has 2 atom stereocenters. The number of esters is 2. The van der Waals surface area contributed by atoms with Crippen LogP contribution >= 0.6 is 0 Å². The van der Waals surface area contributed by atoms with E-state index in [-0.39, 0.29) is 11.9 Å². The maximum Gasteiger partial charge on any atom is 0.408 e. The molecule has 0 saturated heterocycles. The molecule has 23 heavy (non-hydrogen) atoms. The normalized spacial score (nSPS) is 13.7. The Kier molecular flexibility index (Phi) is 9.29. The molecule has 7 heteroatoms. The maximum absolute atomic E-state index is 11.8. The average molecular weight is 331 g/mol. The lowest BCUT2D eigenvalue weighted by molar-refractivity contribution is -0.145. The molecule has 0 heterocycles. The second kappa shape index (κ2) is 10.1. The summed E-state index contributed by atoms with van der Waals surface area (Å²) in [6.45, 7) is 7.03. The zero-order valence-electron chi connectivity index (χ0n) is 14.9. The van der Waals surface area contributed by atoms with E-state index in [4.69, 9.17) is 9.47 Å². The Labute approximate surface area is 138 Å². The van der Waals surface area contributed by atoms with Gasteiger partial charge in [-0.05, 0) is 33.6 Å². The molecule has 0 fully saturated rings. The second-order valence-corrected chi connectivity index (χ2v) is 6.43. The van der Waals surface area contributed by atoms with Crippen molar-refractivity contribution in [1.29, 1.82) is 0 Å². The Morgan fingerprint density at radius 2 is 1.48 bits per heavy atom. The summed E-state index contributed by atoms with van der Waals surface area (Å²) < 4.78 is 14.5. The number of methoxy groups -OCH3 is 2. The number of carbonyl (C=O) groups excluding carboxylic acids is 3. The van der Waals surface area contributed by atoms with Gasteiger partial charge < -0.3 is 19.5 Å². The van der Waals surface area contributed by atoms with Crippen molar-refractivity contribution in [2.75, 3.05) is 14.2 Å². The van der Waals surface area contributed by atoms with E-state index in [2.05, 4.69) is 10.1 Å². The van der Waals surface area contributed by atoms with Crippen LogP contribution < -0.4 is 5.32 Å². The fraction of sp³-hybridized carbons (Fsp3) is 0.812. The lowest BCUT2D eigenvalue weighted by atomic mass is 10.0. The minimum atomic E-state index is -0.761. The fourth-order valence-electron chi connectivity index (χ4n) is 1.96. The summed E-state index contributed by atoms with van der Waals surface area (Å²) in [5.41, 5.74) is -0.638. The van der Waals surface area contributed by atoms with Gasteiger partial charge >= 0.3 is 18.0 Å². The van der Waals surface area contributed by atoms with E-state index in [0.717, 1.165) is 6.42 Å². The summed E-state index contributed by atoms with van der Waals surface area (Å²) in [5.74, 6) is -0.950. The van der Waals surface area contributed by atoms with Crippen LogP contribution in [0.4, 0.5) is 4.79 Å². The second-order valence-electron chi connectivity index (χ2n) is 6.43. The van der Waals surface area contributed by atoms with Gasteiger partial charge in [0.25, 0.3) is 0 Å². The van der Waals surface area contributed by atoms with Gasteiger partial charge in [-0.25, -0.2) is 9.59 Å². The van der Waals surface area contributed by atoms with Crippen molar-refractivity contribution in [2.24, 2.45) is 5.92 Å². The van der Waals surface area contributed by atoms with Gasteiger partial charge in [0.05, 0.1) is 20.1 Å². The van der Waals surface area contributed by atoms with Crippen molar-refractivity contribution >= 4 is 18.0 Å². The molecule has 0 spiro atoms. The van der Waals surface area contributed by atoms with Gasteiger partial charge in [0.1, 0.15) is 11.6 Å². The molecular weight excluding hydrogens is 302 g/mol. The molecule has 0 aliphatic carbocycles. The third kappa shape index (κ3) is 9.76. The minimum absolute atomic E-state index is 0.185. The maximum atomic E-state index is 11.8. The molecule has 0 saturated carbocycles. The molecule has 0 aliphatic rings. The van der Waals surface area contributed by atoms with Crippen LogP contribution in [-0.2, 0) is 23.8 Å². The van der Waals surface area contributed by atoms with Crippen molar-refractivity contribution in [3.8, 4) is 0 Å². The lowest BCUT2D eigenvalue weighted by Gasteiger charge is -2.22. The van der Waals surface area contributed by atoms with Gasteiger partial charge in [-0.3, -0.25) is 4.79 Å². The predicted octanol–water partition coefficient (Wildman–Crippen LogP) is 2.42. The Hall–Kier alpha value is -1.79. The number of amides is 1. The molecular formula is C16H29NO6. The third-order valence-corrected chi connectivity index (χ3v) is 3.16. The standard InChI is InChI=1S/C16H29NO6/c1-11(13(18)21-5)9-7-8-10-12(14(19)22-6)17-15(20)23-16(2,3)4/h11-12H,7-10H2,1-6H3,(H,17,20)/t11-,12-/m0/s1. The van der Waals surface area contributed by atoms with E-state index in [1.807, 2.05) is 0 Å². The van der Waals surface area contributed by atoms with Gasteiger partial charge in [-0.1, -0.05) is 19.8 Å². The van der Waals surface area contributed by atoms with Crippen LogP contribution in [0.1, 0.15) is 53.4 Å². The highest BCUT2D eigenvalue weighted by molar-refractivity contribution is 5.81.